The summed E-state index contributed by atoms with van der Waals surface area (Å²) in [5.74, 6) is 0.396. The quantitative estimate of drug-likeness (QED) is 0.531. The molecule has 6 heteroatoms. The van der Waals surface area contributed by atoms with Gasteiger partial charge in [-0.3, -0.25) is 0 Å². The molecule has 0 aromatic rings. The van der Waals surface area contributed by atoms with Gasteiger partial charge in [0.05, 0.1) is 22.4 Å². The summed E-state index contributed by atoms with van der Waals surface area (Å²) >= 11 is 0. The van der Waals surface area contributed by atoms with Gasteiger partial charge in [0, 0.05) is 0 Å². The van der Waals surface area contributed by atoms with Gasteiger partial charge in [-0.1, -0.05) is 40.0 Å². The number of hydrogen-bond acceptors (Lipinski definition) is 4. The lowest BCUT2D eigenvalue weighted by Crippen LogP contribution is -2.50. The van der Waals surface area contributed by atoms with E-state index in [1.165, 1.54) is 0 Å². The fourth-order valence-corrected chi connectivity index (χ4v) is 3.86. The van der Waals surface area contributed by atoms with Crippen LogP contribution in [0.1, 0.15) is 94.4 Å². The highest BCUT2D eigenvalue weighted by molar-refractivity contribution is 6.47. The molecule has 0 aliphatic carbocycles. The summed E-state index contributed by atoms with van der Waals surface area (Å²) in [6.07, 6.45) is 6.09. The van der Waals surface area contributed by atoms with Crippen molar-refractivity contribution in [2.24, 2.45) is 0 Å². The smallest absolute Gasteiger partial charge is 0.403 e. The van der Waals surface area contributed by atoms with Crippen LogP contribution in [-0.4, -0.2) is 36.6 Å². The molecular formula is C20H40B2O4. The van der Waals surface area contributed by atoms with Gasteiger partial charge >= 0.3 is 14.2 Å². The average Bonchev–Trinajstić information content (AvgIpc) is 2.93. The van der Waals surface area contributed by atoms with Crippen LogP contribution in [0.4, 0.5) is 0 Å². The molecule has 0 aromatic heterocycles. The fourth-order valence-electron chi connectivity index (χ4n) is 3.86. The maximum absolute atomic E-state index is 6.46. The monoisotopic (exact) mass is 366 g/mol. The van der Waals surface area contributed by atoms with E-state index in [4.69, 9.17) is 18.6 Å². The van der Waals surface area contributed by atoms with E-state index < -0.39 is 0 Å². The third kappa shape index (κ3) is 4.19. The van der Waals surface area contributed by atoms with Gasteiger partial charge in [-0.05, 0) is 66.5 Å². The Morgan fingerprint density at radius 2 is 1.31 bits per heavy atom. The largest absolute Gasteiger partial charge is 0.460 e. The van der Waals surface area contributed by atoms with Gasteiger partial charge in [0.25, 0.3) is 0 Å². The highest BCUT2D eigenvalue weighted by atomic mass is 16.7. The van der Waals surface area contributed by atoms with Crippen molar-refractivity contribution in [3.05, 3.63) is 0 Å². The molecule has 2 aliphatic heterocycles. The predicted octanol–water partition coefficient (Wildman–Crippen LogP) is 5.51. The summed E-state index contributed by atoms with van der Waals surface area (Å²) < 4.78 is 25.4. The Balaban J connectivity index is 2.06. The van der Waals surface area contributed by atoms with E-state index in [2.05, 4.69) is 62.3 Å². The normalized spacial score (nSPS) is 34.5. The summed E-state index contributed by atoms with van der Waals surface area (Å²) in [7, 11) is -0.219. The molecule has 3 atom stereocenters. The maximum Gasteiger partial charge on any atom is 0.460 e. The van der Waals surface area contributed by atoms with Crippen LogP contribution in [0.15, 0.2) is 0 Å². The van der Waals surface area contributed by atoms with Gasteiger partial charge < -0.3 is 18.6 Å². The van der Waals surface area contributed by atoms with Gasteiger partial charge in [0.15, 0.2) is 0 Å². The Bertz CT molecular complexity index is 484. The van der Waals surface area contributed by atoms with Crippen LogP contribution in [0.5, 0.6) is 0 Å². The van der Waals surface area contributed by atoms with E-state index in [-0.39, 0.29) is 36.6 Å². The van der Waals surface area contributed by atoms with Crippen molar-refractivity contribution >= 4 is 14.2 Å². The van der Waals surface area contributed by atoms with Crippen LogP contribution < -0.4 is 0 Å². The summed E-state index contributed by atoms with van der Waals surface area (Å²) in [6, 6.07) is 0. The second kappa shape index (κ2) is 7.77. The average molecular weight is 366 g/mol. The third-order valence-electron chi connectivity index (χ3n) is 7.13. The molecule has 2 fully saturated rings. The maximum atomic E-state index is 6.46. The van der Waals surface area contributed by atoms with Gasteiger partial charge in [-0.25, -0.2) is 0 Å². The molecule has 2 aliphatic rings. The molecule has 2 saturated heterocycles. The van der Waals surface area contributed by atoms with Crippen molar-refractivity contribution in [2.45, 2.75) is 129 Å². The van der Waals surface area contributed by atoms with Gasteiger partial charge in [0.2, 0.25) is 0 Å². The second-order valence-electron chi connectivity index (χ2n) is 9.78. The Labute approximate surface area is 162 Å². The minimum atomic E-state index is -0.328. The lowest BCUT2D eigenvalue weighted by Gasteiger charge is -2.42. The molecule has 2 heterocycles. The first-order chi connectivity index (χ1) is 11.9. The zero-order chi connectivity index (χ0) is 19.8. The number of unbranched alkanes of at least 4 members (excludes halogenated alkanes) is 1. The first-order valence-corrected chi connectivity index (χ1v) is 10.6. The second-order valence-corrected chi connectivity index (χ2v) is 9.78. The van der Waals surface area contributed by atoms with E-state index in [0.29, 0.717) is 5.82 Å². The molecule has 0 N–H and O–H groups in total. The van der Waals surface area contributed by atoms with Crippen LogP contribution in [0.3, 0.4) is 0 Å². The van der Waals surface area contributed by atoms with Crippen LogP contribution >= 0.6 is 0 Å². The molecule has 0 radical (unpaired) electrons. The molecule has 0 spiro atoms. The van der Waals surface area contributed by atoms with E-state index in [1.54, 1.807) is 0 Å². The van der Waals surface area contributed by atoms with Gasteiger partial charge in [-0.15, -0.1) is 0 Å². The topological polar surface area (TPSA) is 36.9 Å². The molecule has 4 nitrogen and oxygen atoms in total. The standard InChI is InChI=1S/C20H40B2O4/c1-10-12-15-21-23-17(4,5)19(8,25-21)13-14-20(9)18(6,7)24-22(26-20)16(3)11-2/h16H,10-15H2,1-9H3. The fraction of sp³-hybridized carbons (Fsp3) is 1.00. The molecule has 26 heavy (non-hydrogen) atoms. The first kappa shape index (κ1) is 22.3. The molecule has 3 unspecified atom stereocenters. The summed E-state index contributed by atoms with van der Waals surface area (Å²) in [6.45, 7) is 19.6. The Morgan fingerprint density at radius 1 is 0.769 bits per heavy atom. The summed E-state index contributed by atoms with van der Waals surface area (Å²) in [4.78, 5) is 0. The Hall–Kier alpha value is -0.0301. The Kier molecular flexibility index (Phi) is 6.65. The van der Waals surface area contributed by atoms with Crippen LogP contribution in [0.25, 0.3) is 0 Å². The molecule has 0 aromatic carbocycles. The highest BCUT2D eigenvalue weighted by Gasteiger charge is 2.58. The van der Waals surface area contributed by atoms with E-state index in [1.807, 2.05) is 0 Å². The van der Waals surface area contributed by atoms with Crippen molar-refractivity contribution < 1.29 is 18.6 Å². The minimum Gasteiger partial charge on any atom is -0.403 e. The summed E-state index contributed by atoms with van der Waals surface area (Å²) in [5.41, 5.74) is -1.27. The van der Waals surface area contributed by atoms with Gasteiger partial charge in [0.1, 0.15) is 0 Å². The van der Waals surface area contributed by atoms with Crippen LogP contribution in [0, 0.1) is 0 Å². The minimum absolute atomic E-state index is 0.0932. The highest BCUT2D eigenvalue weighted by Crippen LogP contribution is 2.48. The van der Waals surface area contributed by atoms with E-state index in [0.717, 1.165) is 38.4 Å². The zero-order valence-electron chi connectivity index (χ0n) is 18.6. The van der Waals surface area contributed by atoms with Gasteiger partial charge in [-0.2, -0.15) is 0 Å². The van der Waals surface area contributed by atoms with Crippen molar-refractivity contribution in [3.8, 4) is 0 Å². The van der Waals surface area contributed by atoms with Crippen molar-refractivity contribution in [1.82, 2.24) is 0 Å². The summed E-state index contributed by atoms with van der Waals surface area (Å²) in [5, 5.41) is 0. The van der Waals surface area contributed by atoms with Crippen molar-refractivity contribution in [3.63, 3.8) is 0 Å². The number of rotatable bonds is 8. The first-order valence-electron chi connectivity index (χ1n) is 10.6. The van der Waals surface area contributed by atoms with E-state index in [9.17, 15) is 0 Å². The van der Waals surface area contributed by atoms with Crippen LogP contribution in [-0.2, 0) is 18.6 Å². The lowest BCUT2D eigenvalue weighted by atomic mass is 9.71. The Morgan fingerprint density at radius 3 is 1.85 bits per heavy atom. The van der Waals surface area contributed by atoms with Crippen molar-refractivity contribution in [2.75, 3.05) is 0 Å². The van der Waals surface area contributed by atoms with Crippen LogP contribution in [0.2, 0.25) is 12.1 Å². The SMILES string of the molecule is CCCCB1OC(C)(C)C(C)(CCC2(C)OB(C(C)CC)OC2(C)C)O1. The number of hydrogen-bond donors (Lipinski definition) is 0. The molecule has 2 rings (SSSR count). The molecular weight excluding hydrogens is 326 g/mol. The molecule has 0 saturated carbocycles. The molecule has 0 amide bonds. The van der Waals surface area contributed by atoms with E-state index >= 15 is 0 Å². The lowest BCUT2D eigenvalue weighted by molar-refractivity contribution is -0.0576. The van der Waals surface area contributed by atoms with Crippen molar-refractivity contribution in [1.29, 1.82) is 0 Å². The third-order valence-corrected chi connectivity index (χ3v) is 7.13. The zero-order valence-corrected chi connectivity index (χ0v) is 18.6. The molecule has 0 bridgehead atoms. The predicted molar refractivity (Wildman–Crippen MR) is 109 cm³/mol. The molecule has 150 valence electrons.